The largest absolute Gasteiger partial charge is 0.491 e. The number of rotatable bonds is 5. The molecule has 4 heterocycles. The number of aromatic nitrogens is 3. The van der Waals surface area contributed by atoms with Crippen LogP contribution in [0.25, 0.3) is 0 Å². The van der Waals surface area contributed by atoms with Gasteiger partial charge in [-0.1, -0.05) is 6.42 Å². The smallest absolute Gasteiger partial charge is 0.254 e. The highest BCUT2D eigenvalue weighted by Gasteiger charge is 2.34. The lowest BCUT2D eigenvalue weighted by Gasteiger charge is -2.25. The van der Waals surface area contributed by atoms with Crippen molar-refractivity contribution in [2.45, 2.75) is 70.1 Å². The summed E-state index contributed by atoms with van der Waals surface area (Å²) in [6.45, 7) is 3.13. The lowest BCUT2D eigenvalue weighted by molar-refractivity contribution is 0.0678. The van der Waals surface area contributed by atoms with Crippen molar-refractivity contribution in [2.75, 3.05) is 19.8 Å². The molecule has 3 aliphatic heterocycles. The maximum Gasteiger partial charge on any atom is 0.254 e. The molecule has 0 spiro atoms. The molecule has 2 fully saturated rings. The first kappa shape index (κ1) is 19.5. The van der Waals surface area contributed by atoms with Crippen LogP contribution in [0.15, 0.2) is 24.3 Å². The number of amides is 1. The van der Waals surface area contributed by atoms with Crippen LogP contribution in [0.5, 0.6) is 5.75 Å². The summed E-state index contributed by atoms with van der Waals surface area (Å²) in [7, 11) is 0. The molecule has 2 aromatic rings. The minimum atomic E-state index is 0.0206. The molecule has 0 N–H and O–H groups in total. The average Bonchev–Trinajstić information content (AvgIpc) is 3.51. The molecule has 1 aromatic carbocycles. The van der Waals surface area contributed by atoms with Crippen molar-refractivity contribution in [3.05, 3.63) is 41.5 Å². The summed E-state index contributed by atoms with van der Waals surface area (Å²) in [6, 6.07) is 7.53. The normalized spacial score (nSPS) is 23.9. The fourth-order valence-electron chi connectivity index (χ4n) is 4.86. The van der Waals surface area contributed by atoms with Crippen LogP contribution < -0.4 is 4.74 Å². The summed E-state index contributed by atoms with van der Waals surface area (Å²) in [4.78, 5) is 15.3. The van der Waals surface area contributed by atoms with Crippen molar-refractivity contribution in [3.63, 3.8) is 0 Å². The van der Waals surface area contributed by atoms with Gasteiger partial charge in [0.2, 0.25) is 0 Å². The lowest BCUT2D eigenvalue weighted by atomic mass is 10.1. The SMILES string of the molecule is O=C(c1ccc(OC[C@H]2CCCO2)cc1)N1CCC[C@@H]1c1nnc2n1CCCCC2. The Bertz CT molecular complexity index is 873. The Morgan fingerprint density at radius 3 is 2.77 bits per heavy atom. The lowest BCUT2D eigenvalue weighted by Crippen LogP contribution is -2.32. The van der Waals surface area contributed by atoms with E-state index in [1.54, 1.807) is 0 Å². The summed E-state index contributed by atoms with van der Waals surface area (Å²) < 4.78 is 13.7. The van der Waals surface area contributed by atoms with E-state index in [0.717, 1.165) is 75.6 Å². The summed E-state index contributed by atoms with van der Waals surface area (Å²) in [5.41, 5.74) is 0.696. The van der Waals surface area contributed by atoms with E-state index in [4.69, 9.17) is 9.47 Å². The van der Waals surface area contributed by atoms with Gasteiger partial charge in [-0.2, -0.15) is 0 Å². The molecule has 2 saturated heterocycles. The number of fused-ring (bicyclic) bond motifs is 1. The Hall–Kier alpha value is -2.41. The molecule has 0 bridgehead atoms. The maximum atomic E-state index is 13.3. The van der Waals surface area contributed by atoms with Crippen LogP contribution in [-0.2, 0) is 17.7 Å². The second kappa shape index (κ2) is 8.76. The van der Waals surface area contributed by atoms with Gasteiger partial charge in [-0.25, -0.2) is 0 Å². The minimum absolute atomic E-state index is 0.0206. The molecule has 0 radical (unpaired) electrons. The Morgan fingerprint density at radius 1 is 1.03 bits per heavy atom. The van der Waals surface area contributed by atoms with E-state index in [-0.39, 0.29) is 18.1 Å². The van der Waals surface area contributed by atoms with E-state index >= 15 is 0 Å². The Morgan fingerprint density at radius 2 is 1.93 bits per heavy atom. The van der Waals surface area contributed by atoms with Crippen molar-refractivity contribution in [3.8, 4) is 5.75 Å². The number of benzene rings is 1. The number of carbonyl (C=O) groups excluding carboxylic acids is 1. The number of ether oxygens (including phenoxy) is 2. The molecule has 30 heavy (non-hydrogen) atoms. The first-order valence-electron chi connectivity index (χ1n) is 11.4. The van der Waals surface area contributed by atoms with Gasteiger partial charge in [0.1, 0.15) is 18.2 Å². The van der Waals surface area contributed by atoms with Crippen LogP contribution >= 0.6 is 0 Å². The van der Waals surface area contributed by atoms with Crippen molar-refractivity contribution in [1.29, 1.82) is 0 Å². The standard InChI is InChI=1S/C23H30N4O3/c28-23(17-9-11-18(12-10-17)30-16-19-6-5-15-29-19)26-14-4-7-20(26)22-25-24-21-8-2-1-3-13-27(21)22/h9-12,19-20H,1-8,13-16H2/t19-,20-/m1/s1. The predicted molar refractivity (Wildman–Crippen MR) is 111 cm³/mol. The van der Waals surface area contributed by atoms with Crippen LogP contribution in [0.2, 0.25) is 0 Å². The van der Waals surface area contributed by atoms with Gasteiger partial charge in [0.15, 0.2) is 5.82 Å². The molecule has 5 rings (SSSR count). The third-order valence-corrected chi connectivity index (χ3v) is 6.51. The summed E-state index contributed by atoms with van der Waals surface area (Å²) in [5, 5.41) is 8.95. The zero-order chi connectivity index (χ0) is 20.3. The van der Waals surface area contributed by atoms with Crippen molar-refractivity contribution in [2.24, 2.45) is 0 Å². The first-order chi connectivity index (χ1) is 14.8. The van der Waals surface area contributed by atoms with E-state index in [9.17, 15) is 4.79 Å². The maximum absolute atomic E-state index is 13.3. The zero-order valence-corrected chi connectivity index (χ0v) is 17.5. The summed E-state index contributed by atoms with van der Waals surface area (Å²) >= 11 is 0. The molecule has 7 nitrogen and oxygen atoms in total. The van der Waals surface area contributed by atoms with Crippen molar-refractivity contribution in [1.82, 2.24) is 19.7 Å². The van der Waals surface area contributed by atoms with Crippen molar-refractivity contribution >= 4 is 5.91 Å². The van der Waals surface area contributed by atoms with Gasteiger partial charge in [0.25, 0.3) is 5.91 Å². The Balaban J connectivity index is 1.27. The molecule has 0 unspecified atom stereocenters. The highest BCUT2D eigenvalue weighted by atomic mass is 16.5. The van der Waals surface area contributed by atoms with Gasteiger partial charge < -0.3 is 18.9 Å². The van der Waals surface area contributed by atoms with Crippen molar-refractivity contribution < 1.29 is 14.3 Å². The quantitative estimate of drug-likeness (QED) is 0.754. The van der Waals surface area contributed by atoms with Crippen LogP contribution in [0.3, 0.4) is 0 Å². The second-order valence-electron chi connectivity index (χ2n) is 8.56. The number of hydrogen-bond acceptors (Lipinski definition) is 5. The van der Waals surface area contributed by atoms with Gasteiger partial charge >= 0.3 is 0 Å². The summed E-state index contributed by atoms with van der Waals surface area (Å²) in [6.07, 6.45) is 8.85. The molecule has 1 aromatic heterocycles. The van der Waals surface area contributed by atoms with E-state index < -0.39 is 0 Å². The molecular weight excluding hydrogens is 380 g/mol. The van der Waals surface area contributed by atoms with E-state index in [2.05, 4.69) is 14.8 Å². The highest BCUT2D eigenvalue weighted by Crippen LogP contribution is 2.33. The average molecular weight is 411 g/mol. The Kier molecular flexibility index (Phi) is 5.71. The van der Waals surface area contributed by atoms with Crippen LogP contribution in [0, 0.1) is 0 Å². The number of likely N-dealkylation sites (tertiary alicyclic amines) is 1. The van der Waals surface area contributed by atoms with Crippen LogP contribution in [0.4, 0.5) is 0 Å². The molecule has 0 aliphatic carbocycles. The zero-order valence-electron chi connectivity index (χ0n) is 17.5. The Labute approximate surface area is 177 Å². The fourth-order valence-corrected chi connectivity index (χ4v) is 4.86. The summed E-state index contributed by atoms with van der Waals surface area (Å²) in [5.74, 6) is 2.89. The number of aryl methyl sites for hydroxylation is 1. The van der Waals surface area contributed by atoms with Gasteiger partial charge in [-0.05, 0) is 62.8 Å². The topological polar surface area (TPSA) is 69.5 Å². The van der Waals surface area contributed by atoms with E-state index in [0.29, 0.717) is 12.2 Å². The van der Waals surface area contributed by atoms with Gasteiger partial charge in [0.05, 0.1) is 12.1 Å². The molecule has 0 saturated carbocycles. The highest BCUT2D eigenvalue weighted by molar-refractivity contribution is 5.94. The molecular formula is C23H30N4O3. The number of hydrogen-bond donors (Lipinski definition) is 0. The molecule has 1 amide bonds. The molecule has 3 aliphatic rings. The van der Waals surface area contributed by atoms with Gasteiger partial charge in [-0.3, -0.25) is 4.79 Å². The molecule has 160 valence electrons. The van der Waals surface area contributed by atoms with Gasteiger partial charge in [0, 0.05) is 31.7 Å². The molecule has 7 heteroatoms. The van der Waals surface area contributed by atoms with E-state index in [1.165, 1.54) is 12.8 Å². The number of carbonyl (C=O) groups is 1. The van der Waals surface area contributed by atoms with Crippen LogP contribution in [0.1, 0.15) is 73.0 Å². The number of nitrogens with zero attached hydrogens (tertiary/aromatic N) is 4. The van der Waals surface area contributed by atoms with Gasteiger partial charge in [-0.15, -0.1) is 10.2 Å². The van der Waals surface area contributed by atoms with Crippen LogP contribution in [-0.4, -0.2) is 51.4 Å². The third-order valence-electron chi connectivity index (χ3n) is 6.51. The predicted octanol–water partition coefficient (Wildman–Crippen LogP) is 3.54. The fraction of sp³-hybridized carbons (Fsp3) is 0.609. The third kappa shape index (κ3) is 3.95. The first-order valence-corrected chi connectivity index (χ1v) is 11.4. The van der Waals surface area contributed by atoms with E-state index in [1.807, 2.05) is 29.2 Å². The second-order valence-corrected chi connectivity index (χ2v) is 8.56. The monoisotopic (exact) mass is 410 g/mol. The minimum Gasteiger partial charge on any atom is -0.491 e. The molecule has 2 atom stereocenters.